The number of carbonyl (C=O) groups is 1. The number of hydrogen-bond acceptors (Lipinski definition) is 3. The molecule has 2 aromatic rings. The summed E-state index contributed by atoms with van der Waals surface area (Å²) in [6.45, 7) is 1.27. The molecule has 1 N–H and O–H groups in total. The van der Waals surface area contributed by atoms with E-state index in [9.17, 15) is 22.8 Å². The fraction of sp³-hybridized carbons (Fsp3) is 0.0833. The number of halogens is 3. The maximum Gasteiger partial charge on any atom is 0.360 e. The zero-order valence-electron chi connectivity index (χ0n) is 10.0. The molecule has 8 heteroatoms. The van der Waals surface area contributed by atoms with E-state index >= 15 is 0 Å². The van der Waals surface area contributed by atoms with E-state index in [1.165, 1.54) is 6.92 Å². The van der Waals surface area contributed by atoms with Crippen molar-refractivity contribution in [3.63, 3.8) is 0 Å². The Morgan fingerprint density at radius 1 is 1.25 bits per heavy atom. The van der Waals surface area contributed by atoms with Crippen LogP contribution in [0.3, 0.4) is 0 Å². The van der Waals surface area contributed by atoms with Crippen LogP contribution < -0.4 is 5.43 Å². The molecule has 0 aliphatic heterocycles. The molecule has 0 atom stereocenters. The van der Waals surface area contributed by atoms with Crippen LogP contribution >= 0.6 is 0 Å². The minimum absolute atomic E-state index is 0.0690. The van der Waals surface area contributed by atoms with Crippen molar-refractivity contribution >= 4 is 5.97 Å². The van der Waals surface area contributed by atoms with Crippen LogP contribution in [0.25, 0.3) is 5.69 Å². The first-order valence-corrected chi connectivity index (χ1v) is 5.30. The Kier molecular flexibility index (Phi) is 3.31. The van der Waals surface area contributed by atoms with Gasteiger partial charge in [-0.3, -0.25) is 4.79 Å². The predicted molar refractivity (Wildman–Crippen MR) is 61.4 cm³/mol. The molecular formula is C12H7F3N2O3. The van der Waals surface area contributed by atoms with Gasteiger partial charge >= 0.3 is 5.97 Å². The molecule has 0 amide bonds. The van der Waals surface area contributed by atoms with Crippen molar-refractivity contribution in [2.45, 2.75) is 6.92 Å². The standard InChI is InChI=1S/C12H7F3N2O3/c1-5-4-17(16-9(11(5)18)12(19)20)10-7(14)2-6(13)3-8(10)15/h2-4H,1H3,(H,19,20). The van der Waals surface area contributed by atoms with Crippen molar-refractivity contribution in [3.05, 3.63) is 57.3 Å². The van der Waals surface area contributed by atoms with Crippen LogP contribution in [0.1, 0.15) is 16.1 Å². The van der Waals surface area contributed by atoms with Gasteiger partial charge in [0.25, 0.3) is 0 Å². The summed E-state index contributed by atoms with van der Waals surface area (Å²) in [5, 5.41) is 12.2. The molecule has 5 nitrogen and oxygen atoms in total. The minimum atomic E-state index is -1.63. The van der Waals surface area contributed by atoms with Crippen molar-refractivity contribution in [1.29, 1.82) is 0 Å². The summed E-state index contributed by atoms with van der Waals surface area (Å²) >= 11 is 0. The lowest BCUT2D eigenvalue weighted by Crippen LogP contribution is -2.24. The summed E-state index contributed by atoms with van der Waals surface area (Å²) in [6, 6.07) is 0.849. The number of carboxylic acids is 1. The van der Waals surface area contributed by atoms with Gasteiger partial charge in [0.1, 0.15) is 11.5 Å². The van der Waals surface area contributed by atoms with Gasteiger partial charge < -0.3 is 5.11 Å². The van der Waals surface area contributed by atoms with Gasteiger partial charge in [-0.2, -0.15) is 5.10 Å². The summed E-state index contributed by atoms with van der Waals surface area (Å²) in [6.07, 6.45) is 0.966. The van der Waals surface area contributed by atoms with E-state index in [0.717, 1.165) is 6.20 Å². The SMILES string of the molecule is Cc1cn(-c2c(F)cc(F)cc2F)nc(C(=O)O)c1=O. The fourth-order valence-electron chi connectivity index (χ4n) is 1.62. The average molecular weight is 284 g/mol. The maximum atomic E-state index is 13.6. The number of hydrogen-bond donors (Lipinski definition) is 1. The number of aryl methyl sites for hydroxylation is 1. The fourth-order valence-corrected chi connectivity index (χ4v) is 1.62. The third-order valence-corrected chi connectivity index (χ3v) is 2.51. The minimum Gasteiger partial charge on any atom is -0.476 e. The van der Waals surface area contributed by atoms with Crippen molar-refractivity contribution in [1.82, 2.24) is 9.78 Å². The molecule has 0 unspecified atom stereocenters. The molecule has 0 aliphatic carbocycles. The molecule has 1 aromatic heterocycles. The van der Waals surface area contributed by atoms with Crippen LogP contribution in [0.15, 0.2) is 23.1 Å². The highest BCUT2D eigenvalue weighted by atomic mass is 19.1. The summed E-state index contributed by atoms with van der Waals surface area (Å²) in [7, 11) is 0. The van der Waals surface area contributed by atoms with Crippen LogP contribution in [0.4, 0.5) is 13.2 Å². The lowest BCUT2D eigenvalue weighted by atomic mass is 10.2. The molecule has 0 bridgehead atoms. The lowest BCUT2D eigenvalue weighted by Gasteiger charge is -2.09. The van der Waals surface area contributed by atoms with E-state index in [4.69, 9.17) is 5.11 Å². The number of benzene rings is 1. The quantitative estimate of drug-likeness (QED) is 0.910. The Hall–Kier alpha value is -2.64. The van der Waals surface area contributed by atoms with Gasteiger partial charge in [-0.1, -0.05) is 0 Å². The highest BCUT2D eigenvalue weighted by Crippen LogP contribution is 2.18. The van der Waals surface area contributed by atoms with Gasteiger partial charge in [0, 0.05) is 23.9 Å². The number of aromatic carboxylic acids is 1. The molecule has 1 aromatic carbocycles. The van der Waals surface area contributed by atoms with E-state index < -0.39 is 40.2 Å². The Morgan fingerprint density at radius 2 is 1.80 bits per heavy atom. The molecule has 0 aliphatic rings. The molecule has 2 rings (SSSR count). The lowest BCUT2D eigenvalue weighted by molar-refractivity contribution is 0.0686. The molecular weight excluding hydrogens is 277 g/mol. The van der Waals surface area contributed by atoms with E-state index in [0.29, 0.717) is 16.8 Å². The van der Waals surface area contributed by atoms with Crippen LogP contribution in [0, 0.1) is 24.4 Å². The predicted octanol–water partition coefficient (Wildman–Crippen LogP) is 1.66. The maximum absolute atomic E-state index is 13.6. The van der Waals surface area contributed by atoms with Gasteiger partial charge in [-0.05, 0) is 6.92 Å². The van der Waals surface area contributed by atoms with Gasteiger partial charge in [0.15, 0.2) is 11.6 Å². The van der Waals surface area contributed by atoms with Crippen molar-refractivity contribution < 1.29 is 23.1 Å². The second-order valence-electron chi connectivity index (χ2n) is 3.96. The van der Waals surface area contributed by atoms with E-state index in [-0.39, 0.29) is 5.56 Å². The second kappa shape index (κ2) is 4.80. The van der Waals surface area contributed by atoms with E-state index in [2.05, 4.69) is 5.10 Å². The second-order valence-corrected chi connectivity index (χ2v) is 3.96. The number of rotatable bonds is 2. The average Bonchev–Trinajstić information content (AvgIpc) is 2.31. The highest BCUT2D eigenvalue weighted by molar-refractivity contribution is 5.85. The molecule has 0 saturated heterocycles. The van der Waals surface area contributed by atoms with E-state index in [1.807, 2.05) is 0 Å². The normalized spacial score (nSPS) is 10.6. The zero-order chi connectivity index (χ0) is 15.0. The van der Waals surface area contributed by atoms with Gasteiger partial charge in [-0.25, -0.2) is 22.6 Å². The topological polar surface area (TPSA) is 72.2 Å². The third kappa shape index (κ3) is 2.27. The third-order valence-electron chi connectivity index (χ3n) is 2.51. The Bertz CT molecular complexity index is 748. The van der Waals surface area contributed by atoms with Gasteiger partial charge in [0.05, 0.1) is 0 Å². The number of nitrogens with zero attached hydrogens (tertiary/aromatic N) is 2. The van der Waals surface area contributed by atoms with Crippen LogP contribution in [0.5, 0.6) is 0 Å². The molecule has 20 heavy (non-hydrogen) atoms. The summed E-state index contributed by atoms with van der Waals surface area (Å²) in [4.78, 5) is 22.4. The number of carboxylic acid groups (broad SMARTS) is 1. The Balaban J connectivity index is 2.78. The summed E-state index contributed by atoms with van der Waals surface area (Å²) < 4.78 is 40.6. The first-order chi connectivity index (χ1) is 9.31. The van der Waals surface area contributed by atoms with E-state index in [1.54, 1.807) is 0 Å². The zero-order valence-corrected chi connectivity index (χ0v) is 10.0. The monoisotopic (exact) mass is 284 g/mol. The van der Waals surface area contributed by atoms with Crippen molar-refractivity contribution in [2.24, 2.45) is 0 Å². The van der Waals surface area contributed by atoms with Crippen LogP contribution in [-0.2, 0) is 0 Å². The number of aromatic nitrogens is 2. The first kappa shape index (κ1) is 13.8. The first-order valence-electron chi connectivity index (χ1n) is 5.30. The van der Waals surface area contributed by atoms with Crippen LogP contribution in [-0.4, -0.2) is 20.9 Å². The van der Waals surface area contributed by atoms with Gasteiger partial charge in [0.2, 0.25) is 11.1 Å². The molecule has 0 saturated carbocycles. The van der Waals surface area contributed by atoms with Gasteiger partial charge in [-0.15, -0.1) is 0 Å². The van der Waals surface area contributed by atoms with Crippen molar-refractivity contribution in [2.75, 3.05) is 0 Å². The largest absolute Gasteiger partial charge is 0.476 e. The molecule has 0 fully saturated rings. The smallest absolute Gasteiger partial charge is 0.360 e. The summed E-state index contributed by atoms with van der Waals surface area (Å²) in [5.74, 6) is -5.29. The highest BCUT2D eigenvalue weighted by Gasteiger charge is 2.19. The Labute approximate surface area is 109 Å². The molecule has 1 heterocycles. The molecule has 0 spiro atoms. The van der Waals surface area contributed by atoms with Crippen molar-refractivity contribution in [3.8, 4) is 5.69 Å². The summed E-state index contributed by atoms with van der Waals surface area (Å²) in [5.41, 5.74) is -2.58. The molecule has 0 radical (unpaired) electrons. The molecule has 104 valence electrons. The Morgan fingerprint density at radius 3 is 2.30 bits per heavy atom. The van der Waals surface area contributed by atoms with Crippen LogP contribution in [0.2, 0.25) is 0 Å².